The molecule has 0 amide bonds. The molecule has 0 aliphatic carbocycles. The first-order chi connectivity index (χ1) is 10.2. The van der Waals surface area contributed by atoms with Gasteiger partial charge in [0.15, 0.2) is 0 Å². The topological polar surface area (TPSA) is 24.9 Å². The van der Waals surface area contributed by atoms with Crippen LogP contribution in [0.4, 0.5) is 8.78 Å². The Bertz CT molecular complexity index is 750. The van der Waals surface area contributed by atoms with Gasteiger partial charge in [-0.3, -0.25) is 4.98 Å². The van der Waals surface area contributed by atoms with Crippen molar-refractivity contribution in [2.24, 2.45) is 0 Å². The Labute approximate surface area is 125 Å². The highest BCUT2D eigenvalue weighted by Gasteiger charge is 2.17. The smallest absolute Gasteiger partial charge is 0.129 e. The predicted octanol–water partition coefficient (Wildman–Crippen LogP) is 4.08. The molecule has 0 radical (unpaired) electrons. The third-order valence-corrected chi connectivity index (χ3v) is 4.40. The minimum atomic E-state index is -0.514. The molecule has 1 unspecified atom stereocenters. The first-order valence-corrected chi connectivity index (χ1v) is 7.50. The van der Waals surface area contributed by atoms with Crippen LogP contribution in [0.15, 0.2) is 41.9 Å². The molecule has 2 nitrogen and oxygen atoms in total. The van der Waals surface area contributed by atoms with E-state index in [0.29, 0.717) is 0 Å². The summed E-state index contributed by atoms with van der Waals surface area (Å²) in [4.78, 5) is 4.38. The Hall–Kier alpha value is -1.85. The van der Waals surface area contributed by atoms with Crippen molar-refractivity contribution < 1.29 is 8.78 Å². The van der Waals surface area contributed by atoms with Gasteiger partial charge in [0, 0.05) is 17.8 Å². The number of fused-ring (bicyclic) bond motifs is 1. The summed E-state index contributed by atoms with van der Waals surface area (Å²) in [5.41, 5.74) is 1.97. The lowest BCUT2D eigenvalue weighted by atomic mass is 9.99. The third-order valence-electron chi connectivity index (χ3n) is 3.54. The molecule has 2 heterocycles. The highest BCUT2D eigenvalue weighted by molar-refractivity contribution is 7.17. The molecule has 108 valence electrons. The van der Waals surface area contributed by atoms with Crippen LogP contribution in [0.1, 0.15) is 17.2 Å². The Kier molecular flexibility index (Phi) is 3.94. The van der Waals surface area contributed by atoms with Crippen molar-refractivity contribution >= 4 is 21.6 Å². The van der Waals surface area contributed by atoms with Crippen molar-refractivity contribution in [2.75, 3.05) is 7.05 Å². The molecule has 21 heavy (non-hydrogen) atoms. The Balaban J connectivity index is 1.94. The standard InChI is InChI=1S/C16H14F2N2S/c1-19-15(8-11-12(17)3-2-4-13(11)18)10-7-16-14(20-9-10)5-6-21-16/h2-7,9,15,19H,8H2,1H3. The number of halogens is 2. The van der Waals surface area contributed by atoms with Gasteiger partial charge in [0.05, 0.1) is 10.2 Å². The van der Waals surface area contributed by atoms with Gasteiger partial charge in [0.25, 0.3) is 0 Å². The molecule has 1 aromatic carbocycles. The number of pyridine rings is 1. The van der Waals surface area contributed by atoms with E-state index in [1.165, 1.54) is 18.2 Å². The molecule has 0 aliphatic heterocycles. The molecule has 0 fully saturated rings. The maximum atomic E-state index is 13.8. The number of likely N-dealkylation sites (N-methyl/N-ethyl adjacent to an activating group) is 1. The van der Waals surface area contributed by atoms with Crippen LogP contribution < -0.4 is 5.32 Å². The summed E-state index contributed by atoms with van der Waals surface area (Å²) in [6.07, 6.45) is 2.00. The number of nitrogens with zero attached hydrogens (tertiary/aromatic N) is 1. The van der Waals surface area contributed by atoms with Crippen molar-refractivity contribution in [3.8, 4) is 0 Å². The average molecular weight is 304 g/mol. The summed E-state index contributed by atoms with van der Waals surface area (Å²) in [6, 6.07) is 7.73. The number of aromatic nitrogens is 1. The molecule has 3 rings (SSSR count). The van der Waals surface area contributed by atoms with E-state index in [0.717, 1.165) is 15.8 Å². The van der Waals surface area contributed by atoms with Crippen LogP contribution in [0.3, 0.4) is 0 Å². The Morgan fingerprint density at radius 1 is 1.24 bits per heavy atom. The number of nitrogens with one attached hydrogen (secondary N) is 1. The lowest BCUT2D eigenvalue weighted by Gasteiger charge is -2.17. The molecule has 0 aliphatic rings. The molecule has 2 aromatic heterocycles. The summed E-state index contributed by atoms with van der Waals surface area (Å²) >= 11 is 1.60. The molecule has 3 aromatic rings. The molecule has 0 bridgehead atoms. The minimum absolute atomic E-state index is 0.100. The number of thiophene rings is 1. The van der Waals surface area contributed by atoms with E-state index in [9.17, 15) is 8.78 Å². The molecule has 1 atom stereocenters. The zero-order valence-corrected chi connectivity index (χ0v) is 12.3. The first kappa shape index (κ1) is 14.1. The highest BCUT2D eigenvalue weighted by Crippen LogP contribution is 2.26. The van der Waals surface area contributed by atoms with E-state index < -0.39 is 11.6 Å². The zero-order chi connectivity index (χ0) is 14.8. The van der Waals surface area contributed by atoms with Crippen LogP contribution in [0.5, 0.6) is 0 Å². The van der Waals surface area contributed by atoms with E-state index in [2.05, 4.69) is 10.3 Å². The second kappa shape index (κ2) is 5.87. The summed E-state index contributed by atoms with van der Waals surface area (Å²) in [5.74, 6) is -1.03. The fraction of sp³-hybridized carbons (Fsp3) is 0.188. The van der Waals surface area contributed by atoms with E-state index >= 15 is 0 Å². The number of rotatable bonds is 4. The van der Waals surface area contributed by atoms with Crippen molar-refractivity contribution in [3.63, 3.8) is 0 Å². The maximum absolute atomic E-state index is 13.8. The lowest BCUT2D eigenvalue weighted by Crippen LogP contribution is -2.20. The van der Waals surface area contributed by atoms with Crippen LogP contribution in [-0.4, -0.2) is 12.0 Å². The number of hydrogen-bond acceptors (Lipinski definition) is 3. The van der Waals surface area contributed by atoms with Crippen molar-refractivity contribution in [3.05, 3.63) is 64.7 Å². The van der Waals surface area contributed by atoms with Gasteiger partial charge in [-0.05, 0) is 48.7 Å². The van der Waals surface area contributed by atoms with Gasteiger partial charge in [-0.2, -0.15) is 0 Å². The van der Waals surface area contributed by atoms with Crippen LogP contribution in [0.2, 0.25) is 0 Å². The second-order valence-corrected chi connectivity index (χ2v) is 5.77. The fourth-order valence-electron chi connectivity index (χ4n) is 2.37. The van der Waals surface area contributed by atoms with E-state index in [1.807, 2.05) is 17.5 Å². The van der Waals surface area contributed by atoms with Crippen LogP contribution in [0.25, 0.3) is 10.2 Å². The van der Waals surface area contributed by atoms with Crippen molar-refractivity contribution in [1.29, 1.82) is 0 Å². The van der Waals surface area contributed by atoms with Gasteiger partial charge in [-0.1, -0.05) is 6.07 Å². The van der Waals surface area contributed by atoms with Crippen LogP contribution in [-0.2, 0) is 6.42 Å². The first-order valence-electron chi connectivity index (χ1n) is 6.62. The fourth-order valence-corrected chi connectivity index (χ4v) is 3.16. The highest BCUT2D eigenvalue weighted by atomic mass is 32.1. The van der Waals surface area contributed by atoms with E-state index in [1.54, 1.807) is 24.6 Å². The van der Waals surface area contributed by atoms with Gasteiger partial charge in [-0.25, -0.2) is 8.78 Å². The number of hydrogen-bond donors (Lipinski definition) is 1. The summed E-state index contributed by atoms with van der Waals surface area (Å²) < 4.78 is 28.6. The monoisotopic (exact) mass is 304 g/mol. The van der Waals surface area contributed by atoms with Gasteiger partial charge in [-0.15, -0.1) is 11.3 Å². The molecule has 1 N–H and O–H groups in total. The largest absolute Gasteiger partial charge is 0.313 e. The number of benzene rings is 1. The molecule has 0 saturated carbocycles. The van der Waals surface area contributed by atoms with Gasteiger partial charge >= 0.3 is 0 Å². The molecule has 0 spiro atoms. The van der Waals surface area contributed by atoms with Crippen LogP contribution >= 0.6 is 11.3 Å². The Morgan fingerprint density at radius 2 is 2.00 bits per heavy atom. The summed E-state index contributed by atoms with van der Waals surface area (Å²) in [5, 5.41) is 5.09. The molecular formula is C16H14F2N2S. The van der Waals surface area contributed by atoms with Gasteiger partial charge < -0.3 is 5.32 Å². The van der Waals surface area contributed by atoms with Crippen molar-refractivity contribution in [2.45, 2.75) is 12.5 Å². The zero-order valence-electron chi connectivity index (χ0n) is 11.4. The summed E-state index contributed by atoms with van der Waals surface area (Å²) in [6.45, 7) is 0. The quantitative estimate of drug-likeness (QED) is 0.785. The third kappa shape index (κ3) is 2.80. The van der Waals surface area contributed by atoms with E-state index in [4.69, 9.17) is 0 Å². The normalized spacial score (nSPS) is 12.7. The maximum Gasteiger partial charge on any atom is 0.129 e. The second-order valence-electron chi connectivity index (χ2n) is 4.82. The SMILES string of the molecule is CNC(Cc1c(F)cccc1F)c1cnc2ccsc2c1. The molecular weight excluding hydrogens is 290 g/mol. The summed E-state index contributed by atoms with van der Waals surface area (Å²) in [7, 11) is 1.78. The minimum Gasteiger partial charge on any atom is -0.313 e. The van der Waals surface area contributed by atoms with Crippen LogP contribution in [0, 0.1) is 11.6 Å². The average Bonchev–Trinajstić information content (AvgIpc) is 2.94. The molecule has 0 saturated heterocycles. The van der Waals surface area contributed by atoms with Gasteiger partial charge in [0.2, 0.25) is 0 Å². The van der Waals surface area contributed by atoms with Crippen molar-refractivity contribution in [1.82, 2.24) is 10.3 Å². The van der Waals surface area contributed by atoms with E-state index in [-0.39, 0.29) is 18.0 Å². The van der Waals surface area contributed by atoms with Gasteiger partial charge in [0.1, 0.15) is 11.6 Å². The predicted molar refractivity (Wildman–Crippen MR) is 81.5 cm³/mol. The Morgan fingerprint density at radius 3 is 2.71 bits per heavy atom. The lowest BCUT2D eigenvalue weighted by molar-refractivity contribution is 0.515. The molecule has 5 heteroatoms.